The van der Waals surface area contributed by atoms with Gasteiger partial charge in [-0.3, -0.25) is 15.1 Å². The first-order chi connectivity index (χ1) is 13.0. The van der Waals surface area contributed by atoms with Gasteiger partial charge >= 0.3 is 0 Å². The van der Waals surface area contributed by atoms with Gasteiger partial charge < -0.3 is 10.4 Å². The van der Waals surface area contributed by atoms with Crippen LogP contribution in [0.4, 0.5) is 5.69 Å². The minimum absolute atomic E-state index is 0.00632. The molecule has 1 aromatic rings. The van der Waals surface area contributed by atoms with Crippen molar-refractivity contribution < 1.29 is 9.90 Å². The number of aliphatic hydroxyl groups is 1. The van der Waals surface area contributed by atoms with Gasteiger partial charge in [0, 0.05) is 41.4 Å². The predicted molar refractivity (Wildman–Crippen MR) is 114 cm³/mol. The maximum atomic E-state index is 12.7. The highest BCUT2D eigenvalue weighted by atomic mass is 32.2. The molecule has 1 aromatic heterocycles. The van der Waals surface area contributed by atoms with E-state index < -0.39 is 0 Å². The first kappa shape index (κ1) is 23.2. The molecule has 2 rings (SSSR count). The minimum atomic E-state index is -0.135. The number of amides is 1. The van der Waals surface area contributed by atoms with Crippen LogP contribution in [0.1, 0.15) is 52.5 Å². The number of rotatable bonds is 8. The number of anilines is 1. The van der Waals surface area contributed by atoms with E-state index in [1.54, 1.807) is 6.20 Å². The maximum Gasteiger partial charge on any atom is 0.256 e. The summed E-state index contributed by atoms with van der Waals surface area (Å²) in [5, 5.41) is 20.5. The molecule has 1 aliphatic heterocycles. The number of hydrogen-bond donors (Lipinski definition) is 3. The summed E-state index contributed by atoms with van der Waals surface area (Å²) in [7, 11) is 0. The van der Waals surface area contributed by atoms with E-state index in [1.165, 1.54) is 29.5 Å². The van der Waals surface area contributed by atoms with Crippen LogP contribution < -0.4 is 5.32 Å². The molecule has 0 aliphatic carbocycles. The summed E-state index contributed by atoms with van der Waals surface area (Å²) < 4.78 is 0. The van der Waals surface area contributed by atoms with E-state index in [9.17, 15) is 4.79 Å². The number of hydrogen-bond acceptors (Lipinski definition) is 6. The van der Waals surface area contributed by atoms with Gasteiger partial charge in [0.05, 0.1) is 12.9 Å². The number of nitrogens with one attached hydrogen (secondary N) is 2. The molecule has 0 fully saturated rings. The van der Waals surface area contributed by atoms with Gasteiger partial charge in [-0.2, -0.15) is 0 Å². The van der Waals surface area contributed by atoms with Crippen LogP contribution in [0.5, 0.6) is 0 Å². The molecule has 2 heterocycles. The van der Waals surface area contributed by atoms with Crippen molar-refractivity contribution in [1.82, 2.24) is 9.88 Å². The van der Waals surface area contributed by atoms with Crippen molar-refractivity contribution in [2.75, 3.05) is 24.2 Å². The van der Waals surface area contributed by atoms with Crippen LogP contribution in [0.3, 0.4) is 0 Å². The van der Waals surface area contributed by atoms with Crippen molar-refractivity contribution in [3.8, 4) is 0 Å². The summed E-state index contributed by atoms with van der Waals surface area (Å²) in [6, 6.07) is 1.83. The van der Waals surface area contributed by atoms with Crippen molar-refractivity contribution in [3.05, 3.63) is 23.4 Å². The standard InChI is InChI=1S/C16H22N4O2S.C4H10/c1-3-11(2)20(10-17)16(22)12-8-13-14(18-6-7-21)4-5-19-15(13)23-9-12;1-3-4-2/h4-5,8,10-11,17,21H,3,6-7,9H2,1-2H3,(H,18,19);3-4H2,1-2H3. The van der Waals surface area contributed by atoms with Crippen LogP contribution in [0, 0.1) is 5.41 Å². The third-order valence-electron chi connectivity index (χ3n) is 4.28. The van der Waals surface area contributed by atoms with Gasteiger partial charge in [0.15, 0.2) is 0 Å². The second-order valence-corrected chi connectivity index (χ2v) is 7.25. The van der Waals surface area contributed by atoms with E-state index in [2.05, 4.69) is 24.1 Å². The molecular weight excluding hydrogens is 360 g/mol. The average Bonchev–Trinajstić information content (AvgIpc) is 2.72. The molecule has 1 atom stereocenters. The molecule has 0 spiro atoms. The van der Waals surface area contributed by atoms with Gasteiger partial charge in [0.2, 0.25) is 0 Å². The van der Waals surface area contributed by atoms with Crippen LogP contribution in [-0.2, 0) is 4.79 Å². The van der Waals surface area contributed by atoms with Crippen molar-refractivity contribution in [2.45, 2.75) is 58.0 Å². The highest BCUT2D eigenvalue weighted by Gasteiger charge is 2.25. The fourth-order valence-electron chi connectivity index (χ4n) is 2.29. The summed E-state index contributed by atoms with van der Waals surface area (Å²) in [4.78, 5) is 18.5. The first-order valence-corrected chi connectivity index (χ1v) is 10.5. The highest BCUT2D eigenvalue weighted by molar-refractivity contribution is 7.99. The second kappa shape index (κ2) is 12.5. The van der Waals surface area contributed by atoms with Crippen molar-refractivity contribution >= 4 is 35.8 Å². The van der Waals surface area contributed by atoms with Gasteiger partial charge in [-0.05, 0) is 25.5 Å². The molecule has 7 heteroatoms. The zero-order valence-electron chi connectivity index (χ0n) is 16.8. The third kappa shape index (κ3) is 6.66. The summed E-state index contributed by atoms with van der Waals surface area (Å²) in [5.74, 6) is 0.410. The molecule has 150 valence electrons. The number of aromatic nitrogens is 1. The van der Waals surface area contributed by atoms with Gasteiger partial charge in [-0.15, -0.1) is 11.8 Å². The normalized spacial score (nSPS) is 13.4. The van der Waals surface area contributed by atoms with E-state index in [0.29, 0.717) is 17.9 Å². The van der Waals surface area contributed by atoms with Crippen LogP contribution in [-0.4, -0.2) is 52.2 Å². The fraction of sp³-hybridized carbons (Fsp3) is 0.550. The minimum Gasteiger partial charge on any atom is -0.395 e. The largest absolute Gasteiger partial charge is 0.395 e. The van der Waals surface area contributed by atoms with Crippen molar-refractivity contribution in [3.63, 3.8) is 0 Å². The maximum absolute atomic E-state index is 12.7. The summed E-state index contributed by atoms with van der Waals surface area (Å²) in [5.41, 5.74) is 2.38. The Kier molecular flexibility index (Phi) is 10.7. The lowest BCUT2D eigenvalue weighted by molar-refractivity contribution is -0.124. The summed E-state index contributed by atoms with van der Waals surface area (Å²) in [6.07, 6.45) is 8.10. The smallest absolute Gasteiger partial charge is 0.256 e. The second-order valence-electron chi connectivity index (χ2n) is 6.28. The Hall–Kier alpha value is -1.86. The zero-order valence-corrected chi connectivity index (χ0v) is 17.6. The molecule has 1 aliphatic rings. The fourth-order valence-corrected chi connectivity index (χ4v) is 3.25. The van der Waals surface area contributed by atoms with E-state index in [4.69, 9.17) is 10.5 Å². The number of thioether (sulfide) groups is 1. The highest BCUT2D eigenvalue weighted by Crippen LogP contribution is 2.35. The Balaban J connectivity index is 0.000000828. The van der Waals surface area contributed by atoms with Gasteiger partial charge in [0.25, 0.3) is 5.91 Å². The van der Waals surface area contributed by atoms with Crippen LogP contribution in [0.15, 0.2) is 22.9 Å². The molecule has 0 radical (unpaired) electrons. The molecule has 6 nitrogen and oxygen atoms in total. The van der Waals surface area contributed by atoms with Gasteiger partial charge in [-0.25, -0.2) is 4.98 Å². The van der Waals surface area contributed by atoms with Crippen LogP contribution in [0.25, 0.3) is 6.08 Å². The van der Waals surface area contributed by atoms with Crippen LogP contribution >= 0.6 is 11.8 Å². The first-order valence-electron chi connectivity index (χ1n) is 9.54. The molecule has 3 N–H and O–H groups in total. The lowest BCUT2D eigenvalue weighted by Gasteiger charge is -2.26. The zero-order chi connectivity index (χ0) is 20.2. The number of unbranched alkanes of at least 4 members (excludes halogenated alkanes) is 1. The molecule has 0 saturated heterocycles. The molecule has 0 aromatic carbocycles. The van der Waals surface area contributed by atoms with Crippen LogP contribution in [0.2, 0.25) is 0 Å². The van der Waals surface area contributed by atoms with Gasteiger partial charge in [-0.1, -0.05) is 33.6 Å². The predicted octanol–water partition coefficient (Wildman–Crippen LogP) is 4.02. The summed E-state index contributed by atoms with van der Waals surface area (Å²) >= 11 is 1.52. The summed E-state index contributed by atoms with van der Waals surface area (Å²) in [6.45, 7) is 8.77. The lowest BCUT2D eigenvalue weighted by Crippen LogP contribution is -2.38. The van der Waals surface area contributed by atoms with E-state index >= 15 is 0 Å². The van der Waals surface area contributed by atoms with Gasteiger partial charge in [0.1, 0.15) is 5.03 Å². The molecule has 0 saturated carbocycles. The van der Waals surface area contributed by atoms with Crippen molar-refractivity contribution in [1.29, 1.82) is 5.41 Å². The molecule has 1 amide bonds. The Morgan fingerprint density at radius 2 is 2.15 bits per heavy atom. The number of carbonyl (C=O) groups excluding carboxylic acids is 1. The van der Waals surface area contributed by atoms with E-state index in [1.807, 2.05) is 26.0 Å². The number of fused-ring (bicyclic) bond motifs is 1. The molecule has 1 unspecified atom stereocenters. The third-order valence-corrected chi connectivity index (χ3v) is 5.33. The Morgan fingerprint density at radius 1 is 1.44 bits per heavy atom. The molecule has 0 bridgehead atoms. The quantitative estimate of drug-likeness (QED) is 0.459. The number of nitrogens with zero attached hydrogens (tertiary/aromatic N) is 2. The number of carbonyl (C=O) groups is 1. The van der Waals surface area contributed by atoms with E-state index in [0.717, 1.165) is 29.0 Å². The number of pyridine rings is 1. The Labute approximate surface area is 167 Å². The molecule has 27 heavy (non-hydrogen) atoms. The lowest BCUT2D eigenvalue weighted by atomic mass is 10.1. The monoisotopic (exact) mass is 392 g/mol. The Bertz CT molecular complexity index is 647. The topological polar surface area (TPSA) is 89.3 Å². The molecular formula is C20H32N4O2S. The SMILES string of the molecule is CCC(C)N(C=N)C(=O)C1=Cc2c(NCCO)ccnc2SC1.CCCC. The average molecular weight is 393 g/mol. The van der Waals surface area contributed by atoms with Crippen molar-refractivity contribution in [2.24, 2.45) is 0 Å². The number of aliphatic hydroxyl groups excluding tert-OH is 1. The Morgan fingerprint density at radius 3 is 2.70 bits per heavy atom. The van der Waals surface area contributed by atoms with E-state index in [-0.39, 0.29) is 18.6 Å².